The number of halogens is 3. The number of alkyl halides is 3. The molecule has 2 fully saturated rings. The normalized spacial score (nSPS) is 34.3. The molecule has 21 heavy (non-hydrogen) atoms. The first-order chi connectivity index (χ1) is 9.60. The van der Waals surface area contributed by atoms with Crippen LogP contribution in [0.1, 0.15) is 33.1 Å². The van der Waals surface area contributed by atoms with Crippen molar-refractivity contribution in [1.29, 1.82) is 0 Å². The topological polar surface area (TPSA) is 26.3 Å². The van der Waals surface area contributed by atoms with Crippen molar-refractivity contribution in [2.75, 3.05) is 0 Å². The Morgan fingerprint density at radius 3 is 2.24 bits per heavy atom. The summed E-state index contributed by atoms with van der Waals surface area (Å²) < 4.78 is 47.3. The van der Waals surface area contributed by atoms with Gasteiger partial charge in [0.05, 0.1) is 0 Å². The van der Waals surface area contributed by atoms with Crippen LogP contribution in [0.5, 0.6) is 0 Å². The first kappa shape index (κ1) is 16.1. The highest BCUT2D eigenvalue weighted by atomic mass is 19.3. The van der Waals surface area contributed by atoms with Crippen LogP contribution in [-0.2, 0) is 9.53 Å². The molecule has 118 valence electrons. The summed E-state index contributed by atoms with van der Waals surface area (Å²) in [5.41, 5.74) is -2.39. The van der Waals surface area contributed by atoms with Crippen molar-refractivity contribution < 1.29 is 22.7 Å². The lowest BCUT2D eigenvalue weighted by Crippen LogP contribution is -2.49. The van der Waals surface area contributed by atoms with Gasteiger partial charge in [0.1, 0.15) is 6.10 Å². The van der Waals surface area contributed by atoms with E-state index in [-0.39, 0.29) is 17.9 Å². The van der Waals surface area contributed by atoms with Gasteiger partial charge in [-0.3, -0.25) is 0 Å². The minimum Gasteiger partial charge on any atom is -0.459 e. The van der Waals surface area contributed by atoms with Gasteiger partial charge in [-0.15, -0.1) is 0 Å². The number of rotatable bonds is 5. The lowest BCUT2D eigenvalue weighted by Gasteiger charge is -2.39. The highest BCUT2D eigenvalue weighted by Crippen LogP contribution is 2.57. The molecule has 5 heteroatoms. The standard InChI is InChI=1S/C16H21F3O2/c1-5-16(19,15(4,17)18)12-7-11-6-10(12)8-13(11)21-14(20)9(2)3/h5,10-13H,1-2,6-8H2,3-4H3. The summed E-state index contributed by atoms with van der Waals surface area (Å²) in [4.78, 5) is 11.5. The molecule has 0 radical (unpaired) electrons. The van der Waals surface area contributed by atoms with Gasteiger partial charge in [-0.1, -0.05) is 13.2 Å². The van der Waals surface area contributed by atoms with Crippen LogP contribution in [0.2, 0.25) is 0 Å². The quantitative estimate of drug-likeness (QED) is 0.435. The van der Waals surface area contributed by atoms with Crippen molar-refractivity contribution in [3.8, 4) is 0 Å². The van der Waals surface area contributed by atoms with Gasteiger partial charge >= 0.3 is 5.97 Å². The summed E-state index contributed by atoms with van der Waals surface area (Å²) in [5, 5.41) is 0. The third-order valence-electron chi connectivity index (χ3n) is 4.91. The fourth-order valence-corrected chi connectivity index (χ4v) is 3.78. The van der Waals surface area contributed by atoms with Gasteiger partial charge in [-0.05, 0) is 44.1 Å². The Bertz CT molecular complexity index is 469. The maximum Gasteiger partial charge on any atom is 0.333 e. The number of hydrogen-bond acceptors (Lipinski definition) is 2. The van der Waals surface area contributed by atoms with Crippen molar-refractivity contribution >= 4 is 5.97 Å². The maximum absolute atomic E-state index is 14.7. The monoisotopic (exact) mass is 302 g/mol. The van der Waals surface area contributed by atoms with E-state index < -0.39 is 23.5 Å². The zero-order valence-electron chi connectivity index (χ0n) is 12.4. The number of fused-ring (bicyclic) bond motifs is 2. The molecular formula is C16H21F3O2. The molecule has 2 aliphatic rings. The summed E-state index contributed by atoms with van der Waals surface area (Å²) in [5.74, 6) is -4.96. The van der Waals surface area contributed by atoms with Crippen molar-refractivity contribution in [3.05, 3.63) is 24.8 Å². The molecule has 0 heterocycles. The predicted molar refractivity (Wildman–Crippen MR) is 73.7 cm³/mol. The van der Waals surface area contributed by atoms with E-state index in [1.165, 1.54) is 0 Å². The van der Waals surface area contributed by atoms with Gasteiger partial charge in [0, 0.05) is 18.4 Å². The minimum atomic E-state index is -3.46. The number of esters is 1. The van der Waals surface area contributed by atoms with E-state index in [0.717, 1.165) is 6.08 Å². The highest BCUT2D eigenvalue weighted by molar-refractivity contribution is 5.87. The SMILES string of the molecule is C=CC(F)(C1CC2CC1CC2OC(=O)C(=C)C)C(C)(F)F. The van der Waals surface area contributed by atoms with Gasteiger partial charge < -0.3 is 4.74 Å². The van der Waals surface area contributed by atoms with E-state index in [2.05, 4.69) is 13.2 Å². The first-order valence-electron chi connectivity index (χ1n) is 7.17. The third-order valence-corrected chi connectivity index (χ3v) is 4.91. The smallest absolute Gasteiger partial charge is 0.333 e. The molecule has 2 saturated carbocycles. The van der Waals surface area contributed by atoms with Gasteiger partial charge in [-0.2, -0.15) is 0 Å². The zero-order valence-corrected chi connectivity index (χ0v) is 12.4. The van der Waals surface area contributed by atoms with Crippen LogP contribution < -0.4 is 0 Å². The predicted octanol–water partition coefficient (Wildman–Crippen LogP) is 4.07. The number of hydrogen-bond donors (Lipinski definition) is 0. The van der Waals surface area contributed by atoms with E-state index >= 15 is 0 Å². The fourth-order valence-electron chi connectivity index (χ4n) is 3.78. The van der Waals surface area contributed by atoms with Gasteiger partial charge in [0.25, 0.3) is 5.92 Å². The molecule has 2 bridgehead atoms. The van der Waals surface area contributed by atoms with E-state index in [0.29, 0.717) is 31.8 Å². The lowest BCUT2D eigenvalue weighted by molar-refractivity contribution is -0.154. The molecule has 2 aliphatic carbocycles. The summed E-state index contributed by atoms with van der Waals surface area (Å²) >= 11 is 0. The van der Waals surface area contributed by atoms with Crippen LogP contribution in [0.25, 0.3) is 0 Å². The molecule has 0 N–H and O–H groups in total. The Kier molecular flexibility index (Phi) is 3.98. The molecule has 0 spiro atoms. The van der Waals surface area contributed by atoms with Crippen molar-refractivity contribution in [1.82, 2.24) is 0 Å². The molecule has 2 rings (SSSR count). The van der Waals surface area contributed by atoms with Crippen LogP contribution in [0.4, 0.5) is 13.2 Å². The van der Waals surface area contributed by atoms with E-state index in [1.807, 2.05) is 0 Å². The lowest BCUT2D eigenvalue weighted by atomic mass is 9.74. The fraction of sp³-hybridized carbons (Fsp3) is 0.688. The van der Waals surface area contributed by atoms with E-state index in [1.54, 1.807) is 6.92 Å². The Morgan fingerprint density at radius 2 is 1.86 bits per heavy atom. The number of carbonyl (C=O) groups is 1. The van der Waals surface area contributed by atoms with Crippen LogP contribution in [-0.4, -0.2) is 23.7 Å². The molecule has 0 aromatic carbocycles. The largest absolute Gasteiger partial charge is 0.459 e. The molecule has 0 aromatic rings. The Balaban J connectivity index is 2.08. The van der Waals surface area contributed by atoms with Crippen molar-refractivity contribution in [3.63, 3.8) is 0 Å². The second-order valence-electron chi connectivity index (χ2n) is 6.42. The second kappa shape index (κ2) is 5.18. The number of carbonyl (C=O) groups excluding carboxylic acids is 1. The molecule has 5 atom stereocenters. The van der Waals surface area contributed by atoms with Gasteiger partial charge in [0.2, 0.25) is 0 Å². The molecule has 0 saturated heterocycles. The second-order valence-corrected chi connectivity index (χ2v) is 6.42. The van der Waals surface area contributed by atoms with Crippen molar-refractivity contribution in [2.24, 2.45) is 17.8 Å². The van der Waals surface area contributed by atoms with Crippen LogP contribution in [0.3, 0.4) is 0 Å². The molecule has 2 nitrogen and oxygen atoms in total. The molecular weight excluding hydrogens is 281 g/mol. The Morgan fingerprint density at radius 1 is 1.24 bits per heavy atom. The third kappa shape index (κ3) is 2.62. The summed E-state index contributed by atoms with van der Waals surface area (Å²) in [7, 11) is 0. The molecule has 0 aliphatic heterocycles. The van der Waals surface area contributed by atoms with Gasteiger partial charge in [-0.25, -0.2) is 18.0 Å². The van der Waals surface area contributed by atoms with Crippen LogP contribution in [0.15, 0.2) is 24.8 Å². The minimum absolute atomic E-state index is 0.0549. The average Bonchev–Trinajstić information content (AvgIpc) is 2.95. The van der Waals surface area contributed by atoms with Crippen LogP contribution >= 0.6 is 0 Å². The molecule has 5 unspecified atom stereocenters. The Labute approximate surface area is 123 Å². The van der Waals surface area contributed by atoms with E-state index in [4.69, 9.17) is 4.74 Å². The number of ether oxygens (including phenoxy) is 1. The van der Waals surface area contributed by atoms with Crippen molar-refractivity contribution in [2.45, 2.75) is 50.8 Å². The molecule has 0 aromatic heterocycles. The van der Waals surface area contributed by atoms with E-state index in [9.17, 15) is 18.0 Å². The maximum atomic E-state index is 14.7. The van der Waals surface area contributed by atoms with Gasteiger partial charge in [0.15, 0.2) is 5.67 Å². The average molecular weight is 302 g/mol. The molecule has 0 amide bonds. The number of allylic oxidation sites excluding steroid dienone is 1. The zero-order chi connectivity index (χ0) is 16.0. The summed E-state index contributed by atoms with van der Waals surface area (Å²) in [6, 6.07) is 0. The highest BCUT2D eigenvalue weighted by Gasteiger charge is 2.62. The Hall–Kier alpha value is -1.26. The van der Waals surface area contributed by atoms with Crippen LogP contribution in [0, 0.1) is 17.8 Å². The first-order valence-corrected chi connectivity index (χ1v) is 7.17. The summed E-state index contributed by atoms with van der Waals surface area (Å²) in [6.45, 7) is 8.93. The summed E-state index contributed by atoms with van der Waals surface area (Å²) in [6.07, 6.45) is 1.78.